The molecule has 5 rings (SSSR count). The molecule has 41 heavy (non-hydrogen) atoms. The van der Waals surface area contributed by atoms with Gasteiger partial charge in [-0.1, -0.05) is 48.0 Å². The minimum absolute atomic E-state index is 0.110. The predicted molar refractivity (Wildman–Crippen MR) is 164 cm³/mol. The van der Waals surface area contributed by atoms with Gasteiger partial charge in [0.2, 0.25) is 0 Å². The second-order valence-corrected chi connectivity index (χ2v) is 11.1. The first-order valence-electron chi connectivity index (χ1n) is 12.6. The third kappa shape index (κ3) is 6.59. The van der Waals surface area contributed by atoms with Crippen LogP contribution in [0.4, 0.5) is 4.79 Å². The number of benzene rings is 4. The predicted octanol–water partition coefficient (Wildman–Crippen LogP) is 7.99. The lowest BCUT2D eigenvalue weighted by molar-refractivity contribution is -0.123. The van der Waals surface area contributed by atoms with Gasteiger partial charge in [0.15, 0.2) is 11.5 Å². The van der Waals surface area contributed by atoms with E-state index in [0.29, 0.717) is 38.7 Å². The van der Waals surface area contributed by atoms with Crippen LogP contribution >= 0.6 is 39.3 Å². The molecule has 0 aromatic heterocycles. The van der Waals surface area contributed by atoms with Crippen molar-refractivity contribution in [1.82, 2.24) is 4.90 Å². The lowest BCUT2D eigenvalue weighted by atomic mass is 10.1. The number of hydrogen-bond donors (Lipinski definition) is 0. The highest BCUT2D eigenvalue weighted by molar-refractivity contribution is 9.10. The lowest BCUT2D eigenvalue weighted by Crippen LogP contribution is -2.32. The summed E-state index contributed by atoms with van der Waals surface area (Å²) >= 11 is 10.2. The largest absolute Gasteiger partial charge is 0.491 e. The fraction of sp³-hybridized carbons (Fsp3) is 0.129. The summed E-state index contributed by atoms with van der Waals surface area (Å²) in [6, 6.07) is 23.3. The molecule has 0 radical (unpaired) electrons. The van der Waals surface area contributed by atoms with Gasteiger partial charge in [0.05, 0.1) is 28.1 Å². The summed E-state index contributed by atoms with van der Waals surface area (Å²) in [6.45, 7) is 2.39. The summed E-state index contributed by atoms with van der Waals surface area (Å²) < 4.78 is 17.7. The molecule has 0 saturated carbocycles. The maximum atomic E-state index is 13.1. The number of thioether (sulfide) groups is 1. The number of nitrogens with zero attached hydrogens (tertiary/aromatic N) is 1. The topological polar surface area (TPSA) is 82.1 Å². The number of hydrogen-bond acceptors (Lipinski definition) is 7. The molecule has 1 aliphatic heterocycles. The molecule has 2 amide bonds. The SMILES string of the molecule is CCOc1cc(/C=C2\SC(=O)N(CCOc3cccc4ccccc34)C2=O)cc(Br)c1OC(=O)c1ccc(Cl)cc1. The summed E-state index contributed by atoms with van der Waals surface area (Å²) in [4.78, 5) is 39.9. The third-order valence-corrected chi connectivity index (χ3v) is 7.85. The van der Waals surface area contributed by atoms with Crippen molar-refractivity contribution in [3.8, 4) is 17.2 Å². The number of rotatable bonds is 9. The molecule has 0 aliphatic carbocycles. The first kappa shape index (κ1) is 28.7. The Morgan fingerprint density at radius 1 is 0.976 bits per heavy atom. The van der Waals surface area contributed by atoms with Crippen molar-refractivity contribution in [2.45, 2.75) is 6.92 Å². The molecular formula is C31H23BrClNO6S. The van der Waals surface area contributed by atoms with Gasteiger partial charge in [-0.2, -0.15) is 0 Å². The van der Waals surface area contributed by atoms with E-state index < -0.39 is 11.9 Å². The summed E-state index contributed by atoms with van der Waals surface area (Å²) in [5.74, 6) is 0.202. The average molecular weight is 653 g/mol. The summed E-state index contributed by atoms with van der Waals surface area (Å²) in [6.07, 6.45) is 1.61. The Morgan fingerprint density at radius 2 is 1.73 bits per heavy atom. The molecule has 1 saturated heterocycles. The van der Waals surface area contributed by atoms with Crippen LogP contribution in [0.5, 0.6) is 17.2 Å². The van der Waals surface area contributed by atoms with E-state index in [9.17, 15) is 14.4 Å². The Labute approximate surface area is 254 Å². The maximum absolute atomic E-state index is 13.1. The molecule has 7 nitrogen and oxygen atoms in total. The van der Waals surface area contributed by atoms with Crippen molar-refractivity contribution in [2.75, 3.05) is 19.8 Å². The molecule has 1 aliphatic rings. The highest BCUT2D eigenvalue weighted by atomic mass is 79.9. The first-order valence-corrected chi connectivity index (χ1v) is 14.6. The number of halogens is 2. The second kappa shape index (κ2) is 12.8. The van der Waals surface area contributed by atoms with Gasteiger partial charge in [0, 0.05) is 10.4 Å². The van der Waals surface area contributed by atoms with Crippen molar-refractivity contribution >= 4 is 73.3 Å². The minimum atomic E-state index is -0.581. The van der Waals surface area contributed by atoms with Gasteiger partial charge < -0.3 is 14.2 Å². The average Bonchev–Trinajstić information content (AvgIpc) is 3.22. The Kier molecular flexibility index (Phi) is 8.97. The van der Waals surface area contributed by atoms with Gasteiger partial charge in [-0.3, -0.25) is 14.5 Å². The molecule has 1 heterocycles. The van der Waals surface area contributed by atoms with Gasteiger partial charge in [-0.15, -0.1) is 0 Å². The molecule has 10 heteroatoms. The first-order chi connectivity index (χ1) is 19.8. The molecule has 1 fully saturated rings. The number of imide groups is 1. The number of esters is 1. The van der Waals surface area contributed by atoms with Crippen molar-refractivity contribution in [2.24, 2.45) is 0 Å². The minimum Gasteiger partial charge on any atom is -0.491 e. The lowest BCUT2D eigenvalue weighted by Gasteiger charge is -2.14. The van der Waals surface area contributed by atoms with Crippen molar-refractivity contribution < 1.29 is 28.6 Å². The monoisotopic (exact) mass is 651 g/mol. The molecule has 4 aromatic carbocycles. The Morgan fingerprint density at radius 3 is 2.51 bits per heavy atom. The van der Waals surface area contributed by atoms with Gasteiger partial charge in [-0.05, 0) is 94.1 Å². The van der Waals surface area contributed by atoms with Crippen LogP contribution in [0.1, 0.15) is 22.8 Å². The van der Waals surface area contributed by atoms with E-state index in [0.717, 1.165) is 22.5 Å². The van der Waals surface area contributed by atoms with Crippen LogP contribution < -0.4 is 14.2 Å². The standard InChI is InChI=1S/C31H23BrClNO6S/c1-2-38-26-17-19(16-24(32)28(26)40-30(36)21-10-12-22(33)13-11-21)18-27-29(35)34(31(37)41-27)14-15-39-25-9-5-7-20-6-3-4-8-23(20)25/h3-13,16-18H,2,14-15H2,1H3/b27-18-. The molecular weight excluding hydrogens is 630 g/mol. The number of amides is 2. The van der Waals surface area contributed by atoms with Gasteiger partial charge in [-0.25, -0.2) is 4.79 Å². The molecule has 0 atom stereocenters. The zero-order valence-electron chi connectivity index (χ0n) is 21.8. The van der Waals surface area contributed by atoms with Gasteiger partial charge in [0.1, 0.15) is 12.4 Å². The highest BCUT2D eigenvalue weighted by Crippen LogP contribution is 2.40. The molecule has 0 spiro atoms. The van der Waals surface area contributed by atoms with E-state index in [1.165, 1.54) is 4.90 Å². The van der Waals surface area contributed by atoms with Crippen molar-refractivity contribution in [3.63, 3.8) is 0 Å². The van der Waals surface area contributed by atoms with E-state index in [-0.39, 0.29) is 29.0 Å². The fourth-order valence-corrected chi connectivity index (χ4v) is 5.72. The van der Waals surface area contributed by atoms with Crippen LogP contribution in [0.3, 0.4) is 0 Å². The van der Waals surface area contributed by atoms with Crippen LogP contribution in [-0.2, 0) is 4.79 Å². The second-order valence-electron chi connectivity index (χ2n) is 8.82. The molecule has 0 unspecified atom stereocenters. The zero-order chi connectivity index (χ0) is 28.9. The van der Waals surface area contributed by atoms with Crippen LogP contribution in [0.25, 0.3) is 16.8 Å². The zero-order valence-corrected chi connectivity index (χ0v) is 24.9. The summed E-state index contributed by atoms with van der Waals surface area (Å²) in [5.41, 5.74) is 0.912. The van der Waals surface area contributed by atoms with E-state index >= 15 is 0 Å². The van der Waals surface area contributed by atoms with Crippen LogP contribution in [0.2, 0.25) is 5.02 Å². The Bertz CT molecular complexity index is 1670. The Hall–Kier alpha value is -3.79. The maximum Gasteiger partial charge on any atom is 0.343 e. The fourth-order valence-electron chi connectivity index (χ4n) is 4.18. The van der Waals surface area contributed by atoms with E-state index in [1.807, 2.05) is 42.5 Å². The van der Waals surface area contributed by atoms with E-state index in [4.69, 9.17) is 25.8 Å². The number of carbonyl (C=O) groups is 3. The van der Waals surface area contributed by atoms with Crippen LogP contribution in [-0.4, -0.2) is 41.8 Å². The molecule has 0 bridgehead atoms. The van der Waals surface area contributed by atoms with Crippen molar-refractivity contribution in [3.05, 3.63) is 104 Å². The molecule has 0 N–H and O–H groups in total. The van der Waals surface area contributed by atoms with Crippen LogP contribution in [0.15, 0.2) is 88.2 Å². The number of carbonyl (C=O) groups excluding carboxylic acids is 3. The van der Waals surface area contributed by atoms with E-state index in [1.54, 1.807) is 49.4 Å². The van der Waals surface area contributed by atoms with Crippen molar-refractivity contribution in [1.29, 1.82) is 0 Å². The van der Waals surface area contributed by atoms with E-state index in [2.05, 4.69) is 15.9 Å². The van der Waals surface area contributed by atoms with Gasteiger partial charge >= 0.3 is 5.97 Å². The Balaban J connectivity index is 1.30. The normalized spacial score (nSPS) is 14.1. The number of fused-ring (bicyclic) bond motifs is 1. The third-order valence-electron chi connectivity index (χ3n) is 6.10. The summed E-state index contributed by atoms with van der Waals surface area (Å²) in [7, 11) is 0. The quantitative estimate of drug-likeness (QED) is 0.103. The number of ether oxygens (including phenoxy) is 3. The van der Waals surface area contributed by atoms with Crippen LogP contribution in [0, 0.1) is 0 Å². The smallest absolute Gasteiger partial charge is 0.343 e. The summed E-state index contributed by atoms with van der Waals surface area (Å²) in [5, 5.41) is 2.13. The van der Waals surface area contributed by atoms with Gasteiger partial charge in [0.25, 0.3) is 11.1 Å². The highest BCUT2D eigenvalue weighted by Gasteiger charge is 2.35. The molecule has 4 aromatic rings. The molecule has 208 valence electrons.